The Balaban J connectivity index is 2.13. The molecule has 1 saturated carbocycles. The van der Waals surface area contributed by atoms with E-state index >= 15 is 0 Å². The average Bonchev–Trinajstić information content (AvgIpc) is 2.90. The van der Waals surface area contributed by atoms with E-state index in [1.165, 1.54) is 0 Å². The van der Waals surface area contributed by atoms with Crippen molar-refractivity contribution >= 4 is 17.6 Å². The van der Waals surface area contributed by atoms with Crippen LogP contribution in [0.4, 0.5) is 5.69 Å². The minimum Gasteiger partial charge on any atom is -0.481 e. The lowest BCUT2D eigenvalue weighted by Gasteiger charge is -2.13. The van der Waals surface area contributed by atoms with Crippen molar-refractivity contribution in [3.63, 3.8) is 0 Å². The number of aryl methyl sites for hydroxylation is 1. The van der Waals surface area contributed by atoms with Crippen molar-refractivity contribution in [3.8, 4) is 0 Å². The van der Waals surface area contributed by atoms with Crippen LogP contribution in [-0.4, -0.2) is 36.0 Å². The molecule has 0 heterocycles. The highest BCUT2D eigenvalue weighted by Gasteiger charge is 2.65. The third-order valence-corrected chi connectivity index (χ3v) is 4.28. The highest BCUT2D eigenvalue weighted by Crippen LogP contribution is 2.58. The number of carbonyl (C=O) groups excluding carboxylic acids is 1. The van der Waals surface area contributed by atoms with Crippen LogP contribution in [0.25, 0.3) is 0 Å². The van der Waals surface area contributed by atoms with Crippen LogP contribution in [0.1, 0.15) is 25.0 Å². The summed E-state index contributed by atoms with van der Waals surface area (Å²) in [6.45, 7) is 6.42. The number of nitrogens with one attached hydrogen (secondary N) is 1. The van der Waals surface area contributed by atoms with Crippen LogP contribution in [0.3, 0.4) is 0 Å². The molecule has 1 aliphatic carbocycles. The highest BCUT2D eigenvalue weighted by molar-refractivity contribution is 5.99. The summed E-state index contributed by atoms with van der Waals surface area (Å²) >= 11 is 0. The van der Waals surface area contributed by atoms with Crippen LogP contribution in [-0.2, 0) is 16.1 Å². The number of anilines is 1. The Morgan fingerprint density at radius 2 is 1.86 bits per heavy atom. The van der Waals surface area contributed by atoms with Gasteiger partial charge in [0.15, 0.2) is 0 Å². The van der Waals surface area contributed by atoms with Crippen LogP contribution in [0.15, 0.2) is 18.2 Å². The largest absolute Gasteiger partial charge is 0.481 e. The van der Waals surface area contributed by atoms with Gasteiger partial charge in [-0.25, -0.2) is 0 Å². The molecule has 120 valence electrons. The molecular weight excluding hydrogens is 280 g/mol. The average molecular weight is 304 g/mol. The van der Waals surface area contributed by atoms with Gasteiger partial charge in [-0.05, 0) is 49.7 Å². The number of rotatable bonds is 5. The van der Waals surface area contributed by atoms with Crippen LogP contribution in [0.5, 0.6) is 0 Å². The molecule has 0 radical (unpaired) electrons. The maximum Gasteiger partial charge on any atom is 0.307 e. The van der Waals surface area contributed by atoms with E-state index in [1.54, 1.807) is 0 Å². The van der Waals surface area contributed by atoms with Crippen molar-refractivity contribution in [2.75, 3.05) is 19.4 Å². The molecule has 22 heavy (non-hydrogen) atoms. The second-order valence-electron chi connectivity index (χ2n) is 7.05. The zero-order chi connectivity index (χ0) is 16.7. The van der Waals surface area contributed by atoms with E-state index in [-0.39, 0.29) is 5.91 Å². The predicted molar refractivity (Wildman–Crippen MR) is 85.6 cm³/mol. The standard InChI is InChI=1S/C17H24N2O3/c1-10-6-11(9-19(4)5)8-12(7-10)18-15(20)13-14(16(21)22)17(13,2)3/h6-8,13-14H,9H2,1-5H3,(H,18,20)(H,21,22)/t13-,14+/m0/s1. The third kappa shape index (κ3) is 3.30. The lowest BCUT2D eigenvalue weighted by atomic mass is 10.1. The molecule has 1 fully saturated rings. The van der Waals surface area contributed by atoms with Gasteiger partial charge < -0.3 is 15.3 Å². The minimum atomic E-state index is -0.900. The molecule has 1 aromatic carbocycles. The summed E-state index contributed by atoms with van der Waals surface area (Å²) in [5.41, 5.74) is 2.44. The van der Waals surface area contributed by atoms with Gasteiger partial charge in [-0.2, -0.15) is 0 Å². The first-order valence-electron chi connectivity index (χ1n) is 7.42. The van der Waals surface area contributed by atoms with Gasteiger partial charge in [-0.3, -0.25) is 9.59 Å². The number of hydrogen-bond acceptors (Lipinski definition) is 3. The summed E-state index contributed by atoms with van der Waals surface area (Å²) in [7, 11) is 3.98. The second kappa shape index (κ2) is 5.72. The first-order valence-corrected chi connectivity index (χ1v) is 7.42. The molecule has 0 aromatic heterocycles. The third-order valence-electron chi connectivity index (χ3n) is 4.28. The molecule has 5 heteroatoms. The minimum absolute atomic E-state index is 0.209. The van der Waals surface area contributed by atoms with E-state index in [0.29, 0.717) is 0 Å². The molecule has 0 spiro atoms. The van der Waals surface area contributed by atoms with Crippen molar-refractivity contribution in [1.82, 2.24) is 4.90 Å². The molecule has 1 amide bonds. The molecule has 0 bridgehead atoms. The van der Waals surface area contributed by atoms with Gasteiger partial charge in [0.25, 0.3) is 0 Å². The van der Waals surface area contributed by atoms with Gasteiger partial charge in [-0.1, -0.05) is 19.9 Å². The number of nitrogens with zero attached hydrogens (tertiary/aromatic N) is 1. The number of benzene rings is 1. The number of hydrogen-bond donors (Lipinski definition) is 2. The van der Waals surface area contributed by atoms with Crippen LogP contribution in [0.2, 0.25) is 0 Å². The van der Waals surface area contributed by atoms with Gasteiger partial charge in [0.1, 0.15) is 0 Å². The van der Waals surface area contributed by atoms with Gasteiger partial charge in [0.2, 0.25) is 5.91 Å². The number of carboxylic acid groups (broad SMARTS) is 1. The Bertz CT molecular complexity index is 608. The van der Waals surface area contributed by atoms with E-state index in [1.807, 2.05) is 47.0 Å². The van der Waals surface area contributed by atoms with E-state index < -0.39 is 23.2 Å². The van der Waals surface area contributed by atoms with Gasteiger partial charge >= 0.3 is 5.97 Å². The molecule has 1 aliphatic rings. The Morgan fingerprint density at radius 3 is 2.36 bits per heavy atom. The fraction of sp³-hybridized carbons (Fsp3) is 0.529. The topological polar surface area (TPSA) is 69.6 Å². The van der Waals surface area contributed by atoms with Gasteiger partial charge in [0.05, 0.1) is 11.8 Å². The van der Waals surface area contributed by atoms with Crippen molar-refractivity contribution in [2.45, 2.75) is 27.3 Å². The smallest absolute Gasteiger partial charge is 0.307 e. The van der Waals surface area contributed by atoms with Gasteiger partial charge in [-0.15, -0.1) is 0 Å². The molecule has 1 aromatic rings. The number of amides is 1. The molecule has 2 N–H and O–H groups in total. The Kier molecular flexibility index (Phi) is 4.29. The summed E-state index contributed by atoms with van der Waals surface area (Å²) in [6.07, 6.45) is 0. The zero-order valence-electron chi connectivity index (χ0n) is 13.8. The van der Waals surface area contributed by atoms with E-state index in [2.05, 4.69) is 16.3 Å². The number of aliphatic carboxylic acids is 1. The van der Waals surface area contributed by atoms with Gasteiger partial charge in [0, 0.05) is 12.2 Å². The monoisotopic (exact) mass is 304 g/mol. The Hall–Kier alpha value is -1.88. The Morgan fingerprint density at radius 1 is 1.23 bits per heavy atom. The molecule has 2 rings (SSSR count). The fourth-order valence-corrected chi connectivity index (χ4v) is 3.20. The normalized spacial score (nSPS) is 22.5. The van der Waals surface area contributed by atoms with Crippen LogP contribution < -0.4 is 5.32 Å². The van der Waals surface area contributed by atoms with E-state index in [4.69, 9.17) is 0 Å². The summed E-state index contributed by atoms with van der Waals surface area (Å²) in [5, 5.41) is 12.1. The molecule has 2 atom stereocenters. The van der Waals surface area contributed by atoms with E-state index in [0.717, 1.165) is 23.4 Å². The quantitative estimate of drug-likeness (QED) is 0.876. The molecule has 5 nitrogen and oxygen atoms in total. The second-order valence-corrected chi connectivity index (χ2v) is 7.05. The summed E-state index contributed by atoms with van der Waals surface area (Å²) in [6, 6.07) is 5.93. The first kappa shape index (κ1) is 16.5. The lowest BCUT2D eigenvalue weighted by molar-refractivity contribution is -0.140. The summed E-state index contributed by atoms with van der Waals surface area (Å²) < 4.78 is 0. The number of carbonyl (C=O) groups is 2. The zero-order valence-corrected chi connectivity index (χ0v) is 13.8. The van der Waals surface area contributed by atoms with Crippen molar-refractivity contribution in [2.24, 2.45) is 17.3 Å². The van der Waals surface area contributed by atoms with Crippen molar-refractivity contribution in [1.29, 1.82) is 0 Å². The highest BCUT2D eigenvalue weighted by atomic mass is 16.4. The maximum absolute atomic E-state index is 12.4. The summed E-state index contributed by atoms with van der Waals surface area (Å²) in [5.74, 6) is -2.18. The number of carboxylic acids is 1. The van der Waals surface area contributed by atoms with Crippen LogP contribution in [0, 0.1) is 24.2 Å². The summed E-state index contributed by atoms with van der Waals surface area (Å²) in [4.78, 5) is 25.6. The molecule has 0 unspecified atom stereocenters. The molecule has 0 aliphatic heterocycles. The first-order chi connectivity index (χ1) is 10.1. The molecular formula is C17H24N2O3. The van der Waals surface area contributed by atoms with Crippen molar-refractivity contribution < 1.29 is 14.7 Å². The fourth-order valence-electron chi connectivity index (χ4n) is 3.20. The Labute approximate surface area is 131 Å². The lowest BCUT2D eigenvalue weighted by Crippen LogP contribution is -2.18. The predicted octanol–water partition coefficient (Wildman–Crippen LogP) is 2.35. The van der Waals surface area contributed by atoms with Crippen LogP contribution >= 0.6 is 0 Å². The SMILES string of the molecule is Cc1cc(CN(C)C)cc(NC(=O)[C@@H]2[C@H](C(=O)O)C2(C)C)c1. The molecule has 0 saturated heterocycles. The van der Waals surface area contributed by atoms with E-state index in [9.17, 15) is 14.7 Å². The van der Waals surface area contributed by atoms with Crippen molar-refractivity contribution in [3.05, 3.63) is 29.3 Å². The maximum atomic E-state index is 12.4.